The summed E-state index contributed by atoms with van der Waals surface area (Å²) < 4.78 is 5.77. The molecule has 2 aromatic carbocycles. The number of oxazole rings is 1. The zero-order chi connectivity index (χ0) is 18.0. The lowest BCUT2D eigenvalue weighted by Crippen LogP contribution is -2.18. The average Bonchev–Trinajstić information content (AvgIpc) is 3.05. The molecule has 1 amide bonds. The summed E-state index contributed by atoms with van der Waals surface area (Å²) in [5.74, 6) is 0.373. The number of rotatable bonds is 4. The van der Waals surface area contributed by atoms with Crippen molar-refractivity contribution in [2.75, 3.05) is 5.32 Å². The maximum absolute atomic E-state index is 11.5. The van der Waals surface area contributed by atoms with E-state index < -0.39 is 10.7 Å². The first-order valence-corrected chi connectivity index (χ1v) is 8.68. The van der Waals surface area contributed by atoms with E-state index in [1.54, 1.807) is 48.7 Å². The number of halogens is 4. The summed E-state index contributed by atoms with van der Waals surface area (Å²) in [6, 6.07) is 12.1. The van der Waals surface area contributed by atoms with Gasteiger partial charge in [-0.25, -0.2) is 4.98 Å². The summed E-state index contributed by atoms with van der Waals surface area (Å²) in [6.45, 7) is 0. The van der Waals surface area contributed by atoms with Gasteiger partial charge in [0.2, 0.25) is 5.89 Å². The van der Waals surface area contributed by atoms with Crippen molar-refractivity contribution in [1.82, 2.24) is 4.98 Å². The maximum Gasteiger partial charge on any atom is 0.257 e. The van der Waals surface area contributed by atoms with Gasteiger partial charge >= 0.3 is 0 Å². The summed E-state index contributed by atoms with van der Waals surface area (Å²) in [7, 11) is 0. The van der Waals surface area contributed by atoms with Crippen molar-refractivity contribution in [1.29, 1.82) is 0 Å². The van der Waals surface area contributed by atoms with Crippen molar-refractivity contribution < 1.29 is 9.21 Å². The lowest BCUT2D eigenvalue weighted by molar-refractivity contribution is -0.114. The molecule has 0 saturated carbocycles. The number of hydrogen-bond acceptors (Lipinski definition) is 3. The van der Waals surface area contributed by atoms with Crippen molar-refractivity contribution in [3.8, 4) is 22.8 Å². The highest BCUT2D eigenvalue weighted by atomic mass is 35.5. The molecule has 0 radical (unpaired) electrons. The SMILES string of the molecule is O=C(Nc1ccc(-c2cnc(-c3c(Cl)cccc3Cl)o2)cc1)C(Cl)Cl. The number of alkyl halides is 2. The van der Waals surface area contributed by atoms with Gasteiger partial charge in [0.05, 0.1) is 21.8 Å². The number of benzene rings is 2. The maximum atomic E-state index is 11.5. The van der Waals surface area contributed by atoms with Crippen LogP contribution in [-0.4, -0.2) is 15.7 Å². The molecule has 0 fully saturated rings. The number of anilines is 1. The fourth-order valence-electron chi connectivity index (χ4n) is 2.14. The van der Waals surface area contributed by atoms with E-state index in [-0.39, 0.29) is 0 Å². The molecule has 0 atom stereocenters. The van der Waals surface area contributed by atoms with Crippen molar-refractivity contribution in [3.05, 3.63) is 58.7 Å². The van der Waals surface area contributed by atoms with Crippen molar-refractivity contribution in [2.45, 2.75) is 4.84 Å². The Labute approximate surface area is 163 Å². The standard InChI is InChI=1S/C17H10Cl4N2O2/c18-11-2-1-3-12(19)14(11)17-22-8-13(25-17)9-4-6-10(7-5-9)23-16(24)15(20)21/h1-8,15H,(H,23,24). The summed E-state index contributed by atoms with van der Waals surface area (Å²) in [6.07, 6.45) is 1.58. The molecule has 3 aromatic rings. The van der Waals surface area contributed by atoms with Gasteiger partial charge in [0.1, 0.15) is 0 Å². The Morgan fingerprint density at radius 3 is 2.28 bits per heavy atom. The third kappa shape index (κ3) is 4.10. The van der Waals surface area contributed by atoms with Crippen LogP contribution in [0.25, 0.3) is 22.8 Å². The second-order valence-electron chi connectivity index (χ2n) is 4.99. The van der Waals surface area contributed by atoms with Gasteiger partial charge in [-0.15, -0.1) is 0 Å². The van der Waals surface area contributed by atoms with E-state index in [0.717, 1.165) is 5.56 Å². The molecule has 1 heterocycles. The van der Waals surface area contributed by atoms with Crippen LogP contribution in [0.2, 0.25) is 10.0 Å². The first-order valence-electron chi connectivity index (χ1n) is 7.05. The number of nitrogens with zero attached hydrogens (tertiary/aromatic N) is 1. The number of carbonyl (C=O) groups excluding carboxylic acids is 1. The molecule has 0 aliphatic heterocycles. The number of carbonyl (C=O) groups is 1. The minimum atomic E-state index is -1.13. The topological polar surface area (TPSA) is 55.1 Å². The van der Waals surface area contributed by atoms with Crippen LogP contribution in [0.3, 0.4) is 0 Å². The van der Waals surface area contributed by atoms with E-state index in [4.69, 9.17) is 50.8 Å². The highest BCUT2D eigenvalue weighted by Crippen LogP contribution is 2.35. The van der Waals surface area contributed by atoms with Gasteiger partial charge in [-0.1, -0.05) is 52.5 Å². The van der Waals surface area contributed by atoms with Crippen LogP contribution in [0.1, 0.15) is 0 Å². The second kappa shape index (κ2) is 7.67. The van der Waals surface area contributed by atoms with Gasteiger partial charge in [0, 0.05) is 11.3 Å². The van der Waals surface area contributed by atoms with Crippen molar-refractivity contribution in [3.63, 3.8) is 0 Å². The lowest BCUT2D eigenvalue weighted by atomic mass is 10.2. The minimum absolute atomic E-state index is 0.329. The molecular formula is C17H10Cl4N2O2. The summed E-state index contributed by atoms with van der Waals surface area (Å²) in [5, 5.41) is 3.49. The van der Waals surface area contributed by atoms with Crippen LogP contribution < -0.4 is 5.32 Å². The van der Waals surface area contributed by atoms with E-state index in [2.05, 4.69) is 10.3 Å². The third-order valence-electron chi connectivity index (χ3n) is 3.32. The molecule has 0 saturated heterocycles. The number of hydrogen-bond donors (Lipinski definition) is 1. The molecule has 25 heavy (non-hydrogen) atoms. The van der Waals surface area contributed by atoms with E-state index >= 15 is 0 Å². The zero-order valence-electron chi connectivity index (χ0n) is 12.5. The molecule has 3 rings (SSSR count). The molecule has 0 aliphatic carbocycles. The van der Waals surface area contributed by atoms with Gasteiger partial charge in [0.25, 0.3) is 5.91 Å². The van der Waals surface area contributed by atoms with Crippen molar-refractivity contribution >= 4 is 58.0 Å². The first-order chi connectivity index (χ1) is 12.0. The predicted molar refractivity (Wildman–Crippen MR) is 102 cm³/mol. The smallest absolute Gasteiger partial charge is 0.257 e. The van der Waals surface area contributed by atoms with Gasteiger partial charge < -0.3 is 9.73 Å². The zero-order valence-corrected chi connectivity index (χ0v) is 15.5. The Bertz CT molecular complexity index is 887. The molecule has 0 unspecified atom stereocenters. The van der Waals surface area contributed by atoms with E-state index in [9.17, 15) is 4.79 Å². The predicted octanol–water partition coefficient (Wildman–Crippen LogP) is 6.06. The van der Waals surface area contributed by atoms with E-state index in [1.165, 1.54) is 0 Å². The van der Waals surface area contributed by atoms with E-state index in [0.29, 0.717) is 32.9 Å². The molecule has 4 nitrogen and oxygen atoms in total. The van der Waals surface area contributed by atoms with E-state index in [1.807, 2.05) is 0 Å². The Morgan fingerprint density at radius 1 is 1.04 bits per heavy atom. The summed E-state index contributed by atoms with van der Waals surface area (Å²) in [4.78, 5) is 14.6. The van der Waals surface area contributed by atoms with Crippen molar-refractivity contribution in [2.24, 2.45) is 0 Å². The largest absolute Gasteiger partial charge is 0.436 e. The molecule has 0 spiro atoms. The normalized spacial score (nSPS) is 10.9. The van der Waals surface area contributed by atoms with Crippen LogP contribution in [0.5, 0.6) is 0 Å². The Hall–Kier alpha value is -1.72. The quantitative estimate of drug-likeness (QED) is 0.527. The Balaban J connectivity index is 1.84. The number of amides is 1. The van der Waals surface area contributed by atoms with Crippen LogP contribution in [0, 0.1) is 0 Å². The van der Waals surface area contributed by atoms with Gasteiger partial charge in [0.15, 0.2) is 10.6 Å². The molecule has 0 bridgehead atoms. The first kappa shape index (κ1) is 18.1. The lowest BCUT2D eigenvalue weighted by Gasteiger charge is -2.06. The molecule has 1 N–H and O–H groups in total. The van der Waals surface area contributed by atoms with Gasteiger partial charge in [-0.2, -0.15) is 0 Å². The fourth-order valence-corrected chi connectivity index (χ4v) is 2.81. The van der Waals surface area contributed by atoms with Crippen LogP contribution in [-0.2, 0) is 4.79 Å². The summed E-state index contributed by atoms with van der Waals surface area (Å²) in [5.41, 5.74) is 1.87. The molecule has 128 valence electrons. The van der Waals surface area contributed by atoms with Crippen LogP contribution >= 0.6 is 46.4 Å². The second-order valence-corrected chi connectivity index (χ2v) is 6.90. The average molecular weight is 416 g/mol. The Kier molecular flexibility index (Phi) is 5.54. The fraction of sp³-hybridized carbons (Fsp3) is 0.0588. The monoisotopic (exact) mass is 414 g/mol. The number of aromatic nitrogens is 1. The summed E-state index contributed by atoms with van der Waals surface area (Å²) >= 11 is 23.3. The molecular weight excluding hydrogens is 406 g/mol. The third-order valence-corrected chi connectivity index (χ3v) is 4.34. The van der Waals surface area contributed by atoms with Gasteiger partial charge in [-0.3, -0.25) is 4.79 Å². The molecule has 1 aromatic heterocycles. The Morgan fingerprint density at radius 2 is 1.68 bits per heavy atom. The molecule has 0 aliphatic rings. The molecule has 8 heteroatoms. The van der Waals surface area contributed by atoms with Crippen LogP contribution in [0.15, 0.2) is 53.1 Å². The number of nitrogens with one attached hydrogen (secondary N) is 1. The van der Waals surface area contributed by atoms with Gasteiger partial charge in [-0.05, 0) is 36.4 Å². The minimum Gasteiger partial charge on any atom is -0.436 e. The van der Waals surface area contributed by atoms with Crippen LogP contribution in [0.4, 0.5) is 5.69 Å². The highest BCUT2D eigenvalue weighted by Gasteiger charge is 2.15. The highest BCUT2D eigenvalue weighted by molar-refractivity contribution is 6.54.